The van der Waals surface area contributed by atoms with Crippen LogP contribution in [0.3, 0.4) is 0 Å². The van der Waals surface area contributed by atoms with Gasteiger partial charge in [0, 0.05) is 5.56 Å². The van der Waals surface area contributed by atoms with Crippen molar-refractivity contribution in [1.29, 1.82) is 0 Å². The second-order valence-corrected chi connectivity index (χ2v) is 5.84. The summed E-state index contributed by atoms with van der Waals surface area (Å²) in [6, 6.07) is 4.23. The Morgan fingerprint density at radius 2 is 2.09 bits per heavy atom. The molecule has 7 nitrogen and oxygen atoms in total. The smallest absolute Gasteiger partial charge is 0.326 e. The predicted molar refractivity (Wildman–Crippen MR) is 84.4 cm³/mol. The Bertz CT molecular complexity index is 695. The van der Waals surface area contributed by atoms with Gasteiger partial charge in [0.05, 0.1) is 5.69 Å². The molecule has 0 saturated heterocycles. The van der Waals surface area contributed by atoms with Gasteiger partial charge in [0.2, 0.25) is 0 Å². The van der Waals surface area contributed by atoms with Crippen LogP contribution in [0.25, 0.3) is 5.69 Å². The Hall–Kier alpha value is -2.70. The first-order valence-corrected chi connectivity index (χ1v) is 7.37. The molecule has 2 aromatic rings. The number of carboxylic acid groups (broad SMARTS) is 1. The number of aryl methyl sites for hydroxylation is 1. The number of aromatic nitrogens is 3. The van der Waals surface area contributed by atoms with Gasteiger partial charge in [0.1, 0.15) is 18.7 Å². The number of benzene rings is 1. The third kappa shape index (κ3) is 4.15. The largest absolute Gasteiger partial charge is 0.480 e. The number of nitrogens with zero attached hydrogens (tertiary/aromatic N) is 3. The molecule has 0 aliphatic carbocycles. The zero-order chi connectivity index (χ0) is 17.0. The molecule has 122 valence electrons. The Morgan fingerprint density at radius 3 is 2.61 bits per heavy atom. The van der Waals surface area contributed by atoms with Crippen molar-refractivity contribution >= 4 is 11.9 Å². The summed E-state index contributed by atoms with van der Waals surface area (Å²) in [5, 5.41) is 15.8. The maximum absolute atomic E-state index is 12.3. The first kappa shape index (κ1) is 16.7. The highest BCUT2D eigenvalue weighted by atomic mass is 16.4. The van der Waals surface area contributed by atoms with Gasteiger partial charge in [-0.15, -0.1) is 0 Å². The van der Waals surface area contributed by atoms with Crippen molar-refractivity contribution in [1.82, 2.24) is 20.1 Å². The second-order valence-electron chi connectivity index (χ2n) is 5.84. The van der Waals surface area contributed by atoms with E-state index in [9.17, 15) is 14.7 Å². The molecule has 1 atom stereocenters. The number of carboxylic acids is 1. The van der Waals surface area contributed by atoms with Gasteiger partial charge < -0.3 is 10.4 Å². The number of hydrogen-bond acceptors (Lipinski definition) is 4. The molecule has 7 heteroatoms. The second kappa shape index (κ2) is 7.04. The van der Waals surface area contributed by atoms with E-state index in [0.29, 0.717) is 12.0 Å². The number of rotatable bonds is 6. The van der Waals surface area contributed by atoms with Gasteiger partial charge in [-0.1, -0.05) is 13.8 Å². The highest BCUT2D eigenvalue weighted by Gasteiger charge is 2.22. The van der Waals surface area contributed by atoms with E-state index < -0.39 is 17.9 Å². The Morgan fingerprint density at radius 1 is 1.35 bits per heavy atom. The first-order valence-electron chi connectivity index (χ1n) is 7.37. The van der Waals surface area contributed by atoms with Crippen LogP contribution in [0.2, 0.25) is 0 Å². The molecule has 1 aromatic heterocycles. The highest BCUT2D eigenvalue weighted by Crippen LogP contribution is 2.15. The summed E-state index contributed by atoms with van der Waals surface area (Å²) >= 11 is 0. The van der Waals surface area contributed by atoms with Gasteiger partial charge in [-0.25, -0.2) is 14.5 Å². The van der Waals surface area contributed by atoms with Gasteiger partial charge >= 0.3 is 5.97 Å². The average molecular weight is 316 g/mol. The summed E-state index contributed by atoms with van der Waals surface area (Å²) in [7, 11) is 0. The van der Waals surface area contributed by atoms with Crippen LogP contribution in [0.1, 0.15) is 36.2 Å². The van der Waals surface area contributed by atoms with Crippen molar-refractivity contribution in [3.8, 4) is 5.69 Å². The van der Waals surface area contributed by atoms with E-state index >= 15 is 0 Å². The fourth-order valence-corrected chi connectivity index (χ4v) is 2.32. The third-order valence-corrected chi connectivity index (χ3v) is 3.44. The summed E-state index contributed by atoms with van der Waals surface area (Å²) in [4.78, 5) is 27.4. The lowest BCUT2D eigenvalue weighted by atomic mass is 10.0. The van der Waals surface area contributed by atoms with E-state index in [1.165, 1.54) is 6.33 Å². The van der Waals surface area contributed by atoms with E-state index in [0.717, 1.165) is 11.3 Å². The topological polar surface area (TPSA) is 97.1 Å². The van der Waals surface area contributed by atoms with Gasteiger partial charge in [0.25, 0.3) is 5.91 Å². The van der Waals surface area contributed by atoms with Crippen molar-refractivity contribution in [3.05, 3.63) is 42.0 Å². The van der Waals surface area contributed by atoms with Crippen LogP contribution in [-0.2, 0) is 4.79 Å². The number of carbonyl (C=O) groups is 2. The average Bonchev–Trinajstić information content (AvgIpc) is 2.99. The molecule has 0 saturated carbocycles. The lowest BCUT2D eigenvalue weighted by Crippen LogP contribution is -2.41. The standard InChI is InChI=1S/C16H20N4O3/c1-10(2)6-13(16(22)23)19-15(21)12-4-5-14(11(3)7-12)20-9-17-8-18-20/h4-5,7-10,13H,6H2,1-3H3,(H,19,21)(H,22,23)/t13-/m0/s1. The van der Waals surface area contributed by atoms with E-state index in [4.69, 9.17) is 0 Å². The van der Waals surface area contributed by atoms with Crippen LogP contribution in [-0.4, -0.2) is 37.8 Å². The molecule has 2 rings (SSSR count). The minimum absolute atomic E-state index is 0.174. The molecule has 0 aliphatic heterocycles. The SMILES string of the molecule is Cc1cc(C(=O)N[C@@H](CC(C)C)C(=O)O)ccc1-n1cncn1. The molecule has 0 radical (unpaired) electrons. The Kier molecular flexibility index (Phi) is 5.10. The molecule has 0 spiro atoms. The molecule has 1 heterocycles. The normalized spacial score (nSPS) is 12.2. The maximum Gasteiger partial charge on any atom is 0.326 e. The van der Waals surface area contributed by atoms with Gasteiger partial charge in [-0.3, -0.25) is 4.79 Å². The number of amides is 1. The van der Waals surface area contributed by atoms with E-state index in [2.05, 4.69) is 15.4 Å². The predicted octanol–water partition coefficient (Wildman–Crippen LogP) is 1.80. The fraction of sp³-hybridized carbons (Fsp3) is 0.375. The van der Waals surface area contributed by atoms with Crippen molar-refractivity contribution in [2.24, 2.45) is 5.92 Å². The van der Waals surface area contributed by atoms with Gasteiger partial charge in [-0.2, -0.15) is 5.10 Å². The number of hydrogen-bond donors (Lipinski definition) is 2. The van der Waals surface area contributed by atoms with Crippen LogP contribution in [0.15, 0.2) is 30.9 Å². The van der Waals surface area contributed by atoms with Gasteiger partial charge in [-0.05, 0) is 43.0 Å². The van der Waals surface area contributed by atoms with E-state index in [1.807, 2.05) is 20.8 Å². The monoisotopic (exact) mass is 316 g/mol. The molecule has 23 heavy (non-hydrogen) atoms. The van der Waals surface area contributed by atoms with Crippen LogP contribution in [0.4, 0.5) is 0 Å². The molecule has 1 aromatic carbocycles. The lowest BCUT2D eigenvalue weighted by molar-refractivity contribution is -0.139. The third-order valence-electron chi connectivity index (χ3n) is 3.44. The van der Waals surface area contributed by atoms with Crippen LogP contribution in [0.5, 0.6) is 0 Å². The van der Waals surface area contributed by atoms with E-state index in [1.54, 1.807) is 29.2 Å². The molecule has 0 unspecified atom stereocenters. The quantitative estimate of drug-likeness (QED) is 0.847. The minimum Gasteiger partial charge on any atom is -0.480 e. The van der Waals surface area contributed by atoms with Crippen LogP contribution in [0, 0.1) is 12.8 Å². The molecule has 2 N–H and O–H groups in total. The minimum atomic E-state index is -1.02. The lowest BCUT2D eigenvalue weighted by Gasteiger charge is -2.17. The zero-order valence-corrected chi connectivity index (χ0v) is 13.4. The summed E-state index contributed by atoms with van der Waals surface area (Å²) in [5.41, 5.74) is 2.08. The summed E-state index contributed by atoms with van der Waals surface area (Å²) in [6.45, 7) is 5.69. The highest BCUT2D eigenvalue weighted by molar-refractivity contribution is 5.97. The number of carbonyl (C=O) groups excluding carboxylic acids is 1. The molecule has 0 bridgehead atoms. The zero-order valence-electron chi connectivity index (χ0n) is 13.4. The number of aliphatic carboxylic acids is 1. The Balaban J connectivity index is 2.16. The number of nitrogens with one attached hydrogen (secondary N) is 1. The van der Waals surface area contributed by atoms with Gasteiger partial charge in [0.15, 0.2) is 0 Å². The molecule has 0 aliphatic rings. The van der Waals surface area contributed by atoms with Crippen molar-refractivity contribution in [2.45, 2.75) is 33.2 Å². The molecular weight excluding hydrogens is 296 g/mol. The van der Waals surface area contributed by atoms with Crippen molar-refractivity contribution in [2.75, 3.05) is 0 Å². The van der Waals surface area contributed by atoms with Crippen molar-refractivity contribution < 1.29 is 14.7 Å². The van der Waals surface area contributed by atoms with Crippen LogP contribution >= 0.6 is 0 Å². The van der Waals surface area contributed by atoms with Crippen LogP contribution < -0.4 is 5.32 Å². The summed E-state index contributed by atoms with van der Waals surface area (Å²) < 4.78 is 1.61. The Labute approximate surface area is 134 Å². The molecular formula is C16H20N4O3. The maximum atomic E-state index is 12.3. The first-order chi connectivity index (χ1) is 10.9. The van der Waals surface area contributed by atoms with E-state index in [-0.39, 0.29) is 5.92 Å². The molecule has 0 fully saturated rings. The fourth-order valence-electron chi connectivity index (χ4n) is 2.32. The summed E-state index contributed by atoms with van der Waals surface area (Å²) in [6.07, 6.45) is 3.39. The molecule has 1 amide bonds. The van der Waals surface area contributed by atoms with Crippen molar-refractivity contribution in [3.63, 3.8) is 0 Å². The summed E-state index contributed by atoms with van der Waals surface area (Å²) in [5.74, 6) is -1.25.